The summed E-state index contributed by atoms with van der Waals surface area (Å²) in [5.74, 6) is -0.550. The summed E-state index contributed by atoms with van der Waals surface area (Å²) in [4.78, 5) is 25.6. The molecule has 0 aromatic heterocycles. The van der Waals surface area contributed by atoms with Gasteiger partial charge >= 0.3 is 0 Å². The number of aliphatic hydroxyl groups is 1. The Balaban J connectivity index is 1.32. The van der Waals surface area contributed by atoms with Gasteiger partial charge in [-0.15, -0.1) is 0 Å². The number of imide groups is 1. The lowest BCUT2D eigenvalue weighted by Crippen LogP contribution is -2.33. The Morgan fingerprint density at radius 1 is 0.562 bits per heavy atom. The van der Waals surface area contributed by atoms with E-state index in [0.717, 1.165) is 0 Å². The SMILES string of the molecule is O=C1c2ccccc2C(=O)N1CCOCCOCCOCCOCCOCCOCCO. The molecule has 0 spiro atoms. The first-order valence-electron chi connectivity index (χ1n) is 10.8. The van der Waals surface area contributed by atoms with Gasteiger partial charge in [-0.2, -0.15) is 0 Å². The smallest absolute Gasteiger partial charge is 0.261 e. The topological polar surface area (TPSA) is 113 Å². The third-order valence-electron chi connectivity index (χ3n) is 4.43. The number of carbonyl (C=O) groups excluding carboxylic acids is 2. The van der Waals surface area contributed by atoms with Crippen molar-refractivity contribution in [2.24, 2.45) is 0 Å². The highest BCUT2D eigenvalue weighted by Crippen LogP contribution is 2.21. The summed E-state index contributed by atoms with van der Waals surface area (Å²) in [6.45, 7) is 5.36. The van der Waals surface area contributed by atoms with Crippen molar-refractivity contribution in [2.75, 3.05) is 92.4 Å². The van der Waals surface area contributed by atoms with Crippen LogP contribution in [0.4, 0.5) is 0 Å². The first-order valence-corrected chi connectivity index (χ1v) is 10.8. The molecule has 0 saturated heterocycles. The van der Waals surface area contributed by atoms with Gasteiger partial charge in [0.25, 0.3) is 11.8 Å². The molecule has 1 aromatic carbocycles. The van der Waals surface area contributed by atoms with E-state index in [4.69, 9.17) is 33.5 Å². The van der Waals surface area contributed by atoms with Gasteiger partial charge in [0, 0.05) is 0 Å². The van der Waals surface area contributed by atoms with E-state index in [1.807, 2.05) is 0 Å². The van der Waals surface area contributed by atoms with Crippen LogP contribution >= 0.6 is 0 Å². The van der Waals surface area contributed by atoms with Crippen LogP contribution in [-0.4, -0.2) is 114 Å². The minimum atomic E-state index is -0.275. The third kappa shape index (κ3) is 9.70. The van der Waals surface area contributed by atoms with E-state index in [9.17, 15) is 9.59 Å². The number of nitrogens with zero attached hydrogens (tertiary/aromatic N) is 1. The Labute approximate surface area is 188 Å². The second-order valence-corrected chi connectivity index (χ2v) is 6.71. The zero-order chi connectivity index (χ0) is 22.9. The van der Waals surface area contributed by atoms with E-state index in [2.05, 4.69) is 0 Å². The quantitative estimate of drug-likeness (QED) is 0.220. The van der Waals surface area contributed by atoms with E-state index in [1.54, 1.807) is 24.3 Å². The van der Waals surface area contributed by atoms with Crippen LogP contribution in [0.5, 0.6) is 0 Å². The van der Waals surface area contributed by atoms with Crippen LogP contribution in [0.1, 0.15) is 20.7 Å². The van der Waals surface area contributed by atoms with Crippen LogP contribution in [0.3, 0.4) is 0 Å². The molecule has 2 rings (SSSR count). The average Bonchev–Trinajstić information content (AvgIpc) is 3.05. The normalized spacial score (nSPS) is 13.2. The molecule has 1 N–H and O–H groups in total. The number of benzene rings is 1. The first kappa shape index (κ1) is 26.3. The summed E-state index contributed by atoms with van der Waals surface area (Å²) < 4.78 is 32.0. The molecule has 10 heteroatoms. The molecule has 2 amide bonds. The van der Waals surface area contributed by atoms with Gasteiger partial charge < -0.3 is 33.5 Å². The molecule has 10 nitrogen and oxygen atoms in total. The molecule has 0 fully saturated rings. The maximum atomic E-state index is 12.2. The standard InChI is InChI=1S/C22H33NO9/c24-6-8-28-10-12-30-14-16-32-18-17-31-15-13-29-11-9-27-7-5-23-21(25)19-3-1-2-4-20(19)22(23)26/h1-4,24H,5-18H2. The molecule has 0 saturated carbocycles. The van der Waals surface area contributed by atoms with Crippen molar-refractivity contribution in [1.29, 1.82) is 0 Å². The van der Waals surface area contributed by atoms with Crippen LogP contribution in [0.15, 0.2) is 24.3 Å². The van der Waals surface area contributed by atoms with Crippen molar-refractivity contribution >= 4 is 11.8 Å². The largest absolute Gasteiger partial charge is 0.394 e. The van der Waals surface area contributed by atoms with Crippen LogP contribution in [-0.2, 0) is 28.4 Å². The molecule has 0 bridgehead atoms. The van der Waals surface area contributed by atoms with Gasteiger partial charge in [-0.05, 0) is 12.1 Å². The molecule has 0 radical (unpaired) electrons. The predicted octanol–water partition coefficient (Wildman–Crippen LogP) is 0.375. The number of rotatable bonds is 20. The minimum Gasteiger partial charge on any atom is -0.394 e. The van der Waals surface area contributed by atoms with Crippen LogP contribution < -0.4 is 0 Å². The van der Waals surface area contributed by atoms with Gasteiger partial charge in [0.2, 0.25) is 0 Å². The maximum absolute atomic E-state index is 12.2. The van der Waals surface area contributed by atoms with Gasteiger partial charge in [-0.1, -0.05) is 12.1 Å². The molecule has 0 atom stereocenters. The highest BCUT2D eigenvalue weighted by Gasteiger charge is 2.34. The molecule has 32 heavy (non-hydrogen) atoms. The van der Waals surface area contributed by atoms with Crippen LogP contribution in [0.2, 0.25) is 0 Å². The molecule has 1 heterocycles. The van der Waals surface area contributed by atoms with E-state index in [1.165, 1.54) is 4.90 Å². The van der Waals surface area contributed by atoms with Crippen molar-refractivity contribution in [1.82, 2.24) is 4.90 Å². The number of carbonyl (C=O) groups is 2. The number of ether oxygens (including phenoxy) is 6. The Hall–Kier alpha value is -1.92. The number of hydrogen-bond donors (Lipinski definition) is 1. The fourth-order valence-electron chi connectivity index (χ4n) is 2.86. The lowest BCUT2D eigenvalue weighted by atomic mass is 10.1. The number of aliphatic hydroxyl groups excluding tert-OH is 1. The summed E-state index contributed by atoms with van der Waals surface area (Å²) in [5.41, 5.74) is 0.889. The lowest BCUT2D eigenvalue weighted by molar-refractivity contribution is -0.0185. The summed E-state index contributed by atoms with van der Waals surface area (Å²) in [7, 11) is 0. The summed E-state index contributed by atoms with van der Waals surface area (Å²) >= 11 is 0. The Bertz CT molecular complexity index is 636. The molecule has 1 aliphatic rings. The zero-order valence-corrected chi connectivity index (χ0v) is 18.4. The van der Waals surface area contributed by atoms with Crippen molar-refractivity contribution in [2.45, 2.75) is 0 Å². The van der Waals surface area contributed by atoms with Gasteiger partial charge in [-0.3, -0.25) is 14.5 Å². The summed E-state index contributed by atoms with van der Waals surface area (Å²) in [6, 6.07) is 6.81. The molecule has 180 valence electrons. The molecule has 1 aromatic rings. The number of amides is 2. The predicted molar refractivity (Wildman–Crippen MR) is 114 cm³/mol. The monoisotopic (exact) mass is 455 g/mol. The van der Waals surface area contributed by atoms with E-state index >= 15 is 0 Å². The highest BCUT2D eigenvalue weighted by molar-refractivity contribution is 6.21. The van der Waals surface area contributed by atoms with Crippen molar-refractivity contribution < 1.29 is 43.1 Å². The third-order valence-corrected chi connectivity index (χ3v) is 4.43. The van der Waals surface area contributed by atoms with Crippen LogP contribution in [0, 0.1) is 0 Å². The molecular weight excluding hydrogens is 422 g/mol. The van der Waals surface area contributed by atoms with Crippen molar-refractivity contribution in [3.63, 3.8) is 0 Å². The lowest BCUT2D eigenvalue weighted by Gasteiger charge is -2.13. The van der Waals surface area contributed by atoms with Crippen molar-refractivity contribution in [3.8, 4) is 0 Å². The summed E-state index contributed by atoms with van der Waals surface area (Å²) in [6.07, 6.45) is 0. The molecule has 1 aliphatic heterocycles. The van der Waals surface area contributed by atoms with E-state index in [-0.39, 0.29) is 31.6 Å². The van der Waals surface area contributed by atoms with E-state index < -0.39 is 0 Å². The van der Waals surface area contributed by atoms with Gasteiger partial charge in [0.15, 0.2) is 0 Å². The second kappa shape index (κ2) is 16.7. The second-order valence-electron chi connectivity index (χ2n) is 6.71. The molecule has 0 unspecified atom stereocenters. The number of hydrogen-bond acceptors (Lipinski definition) is 9. The van der Waals surface area contributed by atoms with Crippen molar-refractivity contribution in [3.05, 3.63) is 35.4 Å². The van der Waals surface area contributed by atoms with Crippen LogP contribution in [0.25, 0.3) is 0 Å². The molecular formula is C22H33NO9. The Morgan fingerprint density at radius 2 is 0.906 bits per heavy atom. The fraction of sp³-hybridized carbons (Fsp3) is 0.636. The summed E-state index contributed by atoms with van der Waals surface area (Å²) in [5, 5.41) is 8.54. The van der Waals surface area contributed by atoms with E-state index in [0.29, 0.717) is 83.8 Å². The Morgan fingerprint density at radius 3 is 1.28 bits per heavy atom. The highest BCUT2D eigenvalue weighted by atomic mass is 16.6. The minimum absolute atomic E-state index is 0.0170. The maximum Gasteiger partial charge on any atom is 0.261 e. The Kier molecular flexibility index (Phi) is 13.7. The average molecular weight is 456 g/mol. The molecule has 0 aliphatic carbocycles. The van der Waals surface area contributed by atoms with Gasteiger partial charge in [0.1, 0.15) is 0 Å². The van der Waals surface area contributed by atoms with Gasteiger partial charge in [0.05, 0.1) is 104 Å². The first-order chi connectivity index (χ1) is 15.8. The number of fused-ring (bicyclic) bond motifs is 1. The van der Waals surface area contributed by atoms with Gasteiger partial charge in [-0.25, -0.2) is 0 Å². The zero-order valence-electron chi connectivity index (χ0n) is 18.4. The fourth-order valence-corrected chi connectivity index (χ4v) is 2.86.